The molecule has 0 unspecified atom stereocenters. The Bertz CT molecular complexity index is 7080. The number of pyridine rings is 10. The molecule has 0 bridgehead atoms. The van der Waals surface area contributed by atoms with E-state index >= 15 is 0 Å². The second-order valence-corrected chi connectivity index (χ2v) is 26.7. The van der Waals surface area contributed by atoms with Crippen molar-refractivity contribution < 1.29 is 0 Å². The molecule has 11 aromatic carbocycles. The Balaban J connectivity index is 0.000000141. The van der Waals surface area contributed by atoms with Gasteiger partial charge in [0.25, 0.3) is 0 Å². The molecule has 10 heterocycles. The van der Waals surface area contributed by atoms with Gasteiger partial charge in [-0.15, -0.1) is 0 Å². The molecule has 0 aliphatic heterocycles. The molecule has 0 aliphatic carbocycles. The predicted molar refractivity (Wildman–Crippen MR) is 435 cm³/mol. The van der Waals surface area contributed by atoms with Crippen LogP contribution >= 0.6 is 0 Å². The molecule has 10 heteroatoms. The van der Waals surface area contributed by atoms with E-state index < -0.39 is 0 Å². The fraction of sp³-hybridized carbons (Fsp3) is 0. The Kier molecular flexibility index (Phi) is 15.0. The molecule has 492 valence electrons. The summed E-state index contributed by atoms with van der Waals surface area (Å²) in [5.41, 5.74) is 26.4. The van der Waals surface area contributed by atoms with Crippen LogP contribution in [0.5, 0.6) is 0 Å². The SMILES string of the molecule is c1cc(-c2ccc3ccc(-c4ccc5nc(-c6ccc(-c7ccnc8c7ccc7cccnc78)cc6)ccc5c4)cc3n2)c2ccncc2c1.c1ccc(-c2ccc3ccc4ccc(-c5ccc(-c6ccc7cc(-c8ccc9ccc(-c%10cccc%11cnccc%10%11)nc9c8)ccc7n6)cc5)nc4c3n2)cc1. The topological polar surface area (TPSA) is 129 Å². The van der Waals surface area contributed by atoms with Crippen LogP contribution in [0.25, 0.3) is 210 Å². The normalized spacial score (nSPS) is 11.6. The second kappa shape index (κ2) is 25.8. The quantitative estimate of drug-likeness (QED) is 0.129. The van der Waals surface area contributed by atoms with E-state index in [-0.39, 0.29) is 0 Å². The van der Waals surface area contributed by atoms with Gasteiger partial charge in [0.1, 0.15) is 0 Å². The van der Waals surface area contributed by atoms with Crippen molar-refractivity contribution in [3.63, 3.8) is 0 Å². The fourth-order valence-electron chi connectivity index (χ4n) is 14.9. The van der Waals surface area contributed by atoms with Crippen molar-refractivity contribution in [2.45, 2.75) is 0 Å². The van der Waals surface area contributed by atoms with Crippen LogP contribution in [-0.4, -0.2) is 49.8 Å². The number of benzene rings is 11. The molecule has 0 saturated carbocycles. The van der Waals surface area contributed by atoms with E-state index in [2.05, 4.69) is 311 Å². The molecular formula is C96H58N10. The Labute approximate surface area is 608 Å². The summed E-state index contributed by atoms with van der Waals surface area (Å²) in [7, 11) is 0. The Morgan fingerprint density at radius 3 is 1.11 bits per heavy atom. The number of fused-ring (bicyclic) bond motifs is 12. The van der Waals surface area contributed by atoms with Crippen LogP contribution in [0.1, 0.15) is 0 Å². The lowest BCUT2D eigenvalue weighted by molar-refractivity contribution is 1.36. The molecule has 21 rings (SSSR count). The maximum Gasteiger partial charge on any atom is 0.0972 e. The monoisotopic (exact) mass is 1350 g/mol. The molecule has 0 atom stereocenters. The molecule has 0 saturated heterocycles. The Morgan fingerprint density at radius 1 is 0.170 bits per heavy atom. The van der Waals surface area contributed by atoms with Gasteiger partial charge in [-0.1, -0.05) is 218 Å². The number of hydrogen-bond acceptors (Lipinski definition) is 10. The molecular weight excluding hydrogens is 1290 g/mol. The lowest BCUT2D eigenvalue weighted by Gasteiger charge is -2.10. The third kappa shape index (κ3) is 11.4. The van der Waals surface area contributed by atoms with Gasteiger partial charge >= 0.3 is 0 Å². The van der Waals surface area contributed by atoms with Gasteiger partial charge in [-0.3, -0.25) is 19.9 Å². The van der Waals surface area contributed by atoms with E-state index in [1.165, 1.54) is 0 Å². The standard InChI is InChI=1S/C51H31N5.C45H27N5/c1-2-5-32(6-3-1)45-22-18-36-14-15-37-19-23-46(56-51(37)50(36)55-45)34-11-9-33(10-12-34)44-25-21-40-29-38(20-24-47(40)53-44)39-16-13-35-17-26-48(54-49(35)30-39)43-8-4-7-41-31-52-28-27-42(41)43;1-3-35-27-46-23-20-37(35)38(5-1)42-19-13-30-10-11-33(26-43(30)50-42)32-14-17-41-34(25-32)15-18-40(49-41)29-8-6-28(7-9-29)36-21-24-48-45-39(36)16-12-31-4-2-22-47-44(31)45/h1-31H;1-27H. The van der Waals surface area contributed by atoms with Crippen LogP contribution in [0.3, 0.4) is 0 Å². The van der Waals surface area contributed by atoms with E-state index in [4.69, 9.17) is 29.9 Å². The average Bonchev–Trinajstić information content (AvgIpc) is 0.780. The summed E-state index contributed by atoms with van der Waals surface area (Å²) < 4.78 is 0. The first-order valence-electron chi connectivity index (χ1n) is 35.4. The Hall–Kier alpha value is -14.5. The van der Waals surface area contributed by atoms with Gasteiger partial charge in [-0.2, -0.15) is 0 Å². The van der Waals surface area contributed by atoms with Gasteiger partial charge in [-0.25, -0.2) is 29.9 Å². The van der Waals surface area contributed by atoms with Crippen molar-refractivity contribution in [2.24, 2.45) is 0 Å². The number of rotatable bonds is 9. The maximum atomic E-state index is 5.15. The van der Waals surface area contributed by atoms with E-state index in [9.17, 15) is 0 Å². The van der Waals surface area contributed by atoms with Crippen LogP contribution in [0.15, 0.2) is 353 Å². The smallest absolute Gasteiger partial charge is 0.0972 e. The van der Waals surface area contributed by atoms with Crippen molar-refractivity contribution in [1.82, 2.24) is 49.8 Å². The van der Waals surface area contributed by atoms with Gasteiger partial charge in [0.2, 0.25) is 0 Å². The van der Waals surface area contributed by atoms with Crippen molar-refractivity contribution >= 4 is 109 Å². The maximum absolute atomic E-state index is 5.15. The van der Waals surface area contributed by atoms with Crippen LogP contribution in [0.4, 0.5) is 0 Å². The highest BCUT2D eigenvalue weighted by molar-refractivity contribution is 6.09. The molecule has 0 N–H and O–H groups in total. The van der Waals surface area contributed by atoms with E-state index in [1.807, 2.05) is 61.4 Å². The summed E-state index contributed by atoms with van der Waals surface area (Å²) >= 11 is 0. The van der Waals surface area contributed by atoms with Crippen LogP contribution in [0, 0.1) is 0 Å². The number of aromatic nitrogens is 10. The summed E-state index contributed by atoms with van der Waals surface area (Å²) in [5, 5.41) is 13.2. The van der Waals surface area contributed by atoms with E-state index in [0.717, 1.165) is 210 Å². The molecule has 0 radical (unpaired) electrons. The largest absolute Gasteiger partial charge is 0.264 e. The molecule has 0 amide bonds. The van der Waals surface area contributed by atoms with Crippen molar-refractivity contribution in [3.8, 4) is 101 Å². The van der Waals surface area contributed by atoms with E-state index in [0.29, 0.717) is 0 Å². The lowest BCUT2D eigenvalue weighted by Crippen LogP contribution is -1.91. The van der Waals surface area contributed by atoms with Gasteiger partial charge in [0.05, 0.1) is 78.3 Å². The van der Waals surface area contributed by atoms with E-state index in [1.54, 1.807) is 0 Å². The summed E-state index contributed by atoms with van der Waals surface area (Å²) in [4.78, 5) is 48.4. The number of nitrogens with zero attached hydrogens (tertiary/aromatic N) is 10. The highest BCUT2D eigenvalue weighted by Crippen LogP contribution is 2.38. The van der Waals surface area contributed by atoms with Gasteiger partial charge in [0.15, 0.2) is 0 Å². The summed E-state index contributed by atoms with van der Waals surface area (Å²) in [6.45, 7) is 0. The molecule has 21 aromatic rings. The van der Waals surface area contributed by atoms with Gasteiger partial charge < -0.3 is 0 Å². The van der Waals surface area contributed by atoms with Crippen molar-refractivity contribution in [1.29, 1.82) is 0 Å². The minimum absolute atomic E-state index is 0.904. The summed E-state index contributed by atoms with van der Waals surface area (Å²) in [6.07, 6.45) is 11.2. The zero-order valence-electron chi connectivity index (χ0n) is 57.0. The molecule has 0 aliphatic rings. The first-order valence-corrected chi connectivity index (χ1v) is 35.4. The highest BCUT2D eigenvalue weighted by Gasteiger charge is 2.16. The summed E-state index contributed by atoms with van der Waals surface area (Å²) in [5.74, 6) is 0. The molecule has 10 nitrogen and oxygen atoms in total. The minimum atomic E-state index is 0.904. The zero-order chi connectivity index (χ0) is 70.0. The fourth-order valence-corrected chi connectivity index (χ4v) is 14.9. The zero-order valence-corrected chi connectivity index (χ0v) is 57.0. The van der Waals surface area contributed by atoms with Crippen molar-refractivity contribution in [2.75, 3.05) is 0 Å². The molecule has 0 fully saturated rings. The predicted octanol–water partition coefficient (Wildman–Crippen LogP) is 23.9. The third-order valence-electron chi connectivity index (χ3n) is 20.4. The van der Waals surface area contributed by atoms with Crippen LogP contribution < -0.4 is 0 Å². The Morgan fingerprint density at radius 2 is 0.566 bits per heavy atom. The van der Waals surface area contributed by atoms with Crippen LogP contribution in [-0.2, 0) is 0 Å². The molecule has 106 heavy (non-hydrogen) atoms. The summed E-state index contributed by atoms with van der Waals surface area (Å²) in [6, 6.07) is 110. The average molecular weight is 1350 g/mol. The molecule has 0 spiro atoms. The minimum Gasteiger partial charge on any atom is -0.264 e. The lowest BCUT2D eigenvalue weighted by atomic mass is 9.98. The molecule has 10 aromatic heterocycles. The van der Waals surface area contributed by atoms with Crippen molar-refractivity contribution in [3.05, 3.63) is 353 Å². The van der Waals surface area contributed by atoms with Gasteiger partial charge in [0, 0.05) is 124 Å². The first kappa shape index (κ1) is 61.4. The second-order valence-electron chi connectivity index (χ2n) is 26.7. The third-order valence-corrected chi connectivity index (χ3v) is 20.4. The van der Waals surface area contributed by atoms with Gasteiger partial charge in [-0.05, 0) is 141 Å². The first-order chi connectivity index (χ1) is 52.4. The highest BCUT2D eigenvalue weighted by atomic mass is 14.8. The number of hydrogen-bond donors (Lipinski definition) is 0. The van der Waals surface area contributed by atoms with Crippen LogP contribution in [0.2, 0.25) is 0 Å².